The van der Waals surface area contributed by atoms with Gasteiger partial charge in [-0.2, -0.15) is 0 Å². The van der Waals surface area contributed by atoms with Gasteiger partial charge < -0.3 is 10.4 Å². The quantitative estimate of drug-likeness (QED) is 0.877. The van der Waals surface area contributed by atoms with E-state index in [0.717, 1.165) is 6.07 Å². The maximum Gasteiger partial charge on any atom is 0.254 e. The van der Waals surface area contributed by atoms with Gasteiger partial charge in [-0.05, 0) is 24.1 Å². The molecule has 0 heterocycles. The Bertz CT molecular complexity index is 489. The van der Waals surface area contributed by atoms with Gasteiger partial charge in [0.25, 0.3) is 5.91 Å². The van der Waals surface area contributed by atoms with Crippen molar-refractivity contribution in [3.8, 4) is 0 Å². The standard InChI is InChI=1S/C15H21ClFNO2/c1-9(2)13(19)15(3,4)8-18-14(20)11-6-5-10(16)7-12(11)17/h5-7,9,13,19H,8H2,1-4H3,(H,18,20). The monoisotopic (exact) mass is 301 g/mol. The zero-order valence-corrected chi connectivity index (χ0v) is 13.0. The normalized spacial score (nSPS) is 13.4. The van der Waals surface area contributed by atoms with Crippen LogP contribution in [0.3, 0.4) is 0 Å². The van der Waals surface area contributed by atoms with E-state index in [1.54, 1.807) is 0 Å². The number of hydrogen-bond donors (Lipinski definition) is 2. The van der Waals surface area contributed by atoms with Crippen molar-refractivity contribution >= 4 is 17.5 Å². The second-order valence-electron chi connectivity index (χ2n) is 5.98. The molecule has 112 valence electrons. The molecule has 3 nitrogen and oxygen atoms in total. The van der Waals surface area contributed by atoms with Crippen molar-refractivity contribution in [1.82, 2.24) is 5.32 Å². The molecule has 2 N–H and O–H groups in total. The molecule has 0 saturated heterocycles. The minimum Gasteiger partial charge on any atom is -0.392 e. The lowest BCUT2D eigenvalue weighted by molar-refractivity contribution is 0.0138. The number of carbonyl (C=O) groups is 1. The van der Waals surface area contributed by atoms with E-state index < -0.39 is 23.2 Å². The lowest BCUT2D eigenvalue weighted by atomic mass is 9.80. The molecule has 1 unspecified atom stereocenters. The van der Waals surface area contributed by atoms with Crippen LogP contribution in [0.15, 0.2) is 18.2 Å². The molecule has 0 saturated carbocycles. The third-order valence-electron chi connectivity index (χ3n) is 3.31. The maximum atomic E-state index is 13.6. The van der Waals surface area contributed by atoms with E-state index in [4.69, 9.17) is 11.6 Å². The predicted molar refractivity (Wildman–Crippen MR) is 78.4 cm³/mol. The lowest BCUT2D eigenvalue weighted by Crippen LogP contribution is -2.43. The highest BCUT2D eigenvalue weighted by Gasteiger charge is 2.30. The van der Waals surface area contributed by atoms with Gasteiger partial charge in [0, 0.05) is 17.0 Å². The maximum absolute atomic E-state index is 13.6. The van der Waals surface area contributed by atoms with Crippen LogP contribution in [-0.4, -0.2) is 23.7 Å². The van der Waals surface area contributed by atoms with Crippen molar-refractivity contribution < 1.29 is 14.3 Å². The fourth-order valence-electron chi connectivity index (χ4n) is 2.08. The van der Waals surface area contributed by atoms with E-state index in [2.05, 4.69) is 5.32 Å². The Hall–Kier alpha value is -1.13. The van der Waals surface area contributed by atoms with Gasteiger partial charge in [-0.15, -0.1) is 0 Å². The number of halogens is 2. The van der Waals surface area contributed by atoms with Crippen molar-refractivity contribution in [3.63, 3.8) is 0 Å². The number of aliphatic hydroxyl groups excluding tert-OH is 1. The number of hydrogen-bond acceptors (Lipinski definition) is 2. The molecule has 0 bridgehead atoms. The molecule has 0 fully saturated rings. The first-order valence-electron chi connectivity index (χ1n) is 6.56. The molecular weight excluding hydrogens is 281 g/mol. The fourth-order valence-corrected chi connectivity index (χ4v) is 2.24. The summed E-state index contributed by atoms with van der Waals surface area (Å²) in [5, 5.41) is 13.0. The van der Waals surface area contributed by atoms with Crippen molar-refractivity contribution in [2.45, 2.75) is 33.8 Å². The van der Waals surface area contributed by atoms with E-state index in [1.165, 1.54) is 12.1 Å². The van der Waals surface area contributed by atoms with Gasteiger partial charge >= 0.3 is 0 Å². The SMILES string of the molecule is CC(C)C(O)C(C)(C)CNC(=O)c1ccc(Cl)cc1F. The Kier molecular flexibility index (Phi) is 5.54. The molecule has 1 rings (SSSR count). The number of benzene rings is 1. The number of carbonyl (C=O) groups excluding carboxylic acids is 1. The molecule has 5 heteroatoms. The second-order valence-corrected chi connectivity index (χ2v) is 6.42. The van der Waals surface area contributed by atoms with Crippen LogP contribution in [-0.2, 0) is 0 Å². The molecule has 1 atom stereocenters. The molecule has 0 aliphatic heterocycles. The van der Waals surface area contributed by atoms with Gasteiger partial charge in [-0.3, -0.25) is 4.79 Å². The van der Waals surface area contributed by atoms with E-state index in [9.17, 15) is 14.3 Å². The van der Waals surface area contributed by atoms with Crippen LogP contribution in [0.4, 0.5) is 4.39 Å². The van der Waals surface area contributed by atoms with Gasteiger partial charge in [0.15, 0.2) is 0 Å². The second kappa shape index (κ2) is 6.55. The zero-order chi connectivity index (χ0) is 15.5. The summed E-state index contributed by atoms with van der Waals surface area (Å²) in [5.41, 5.74) is -0.545. The number of amides is 1. The van der Waals surface area contributed by atoms with Crippen molar-refractivity contribution in [1.29, 1.82) is 0 Å². The molecule has 0 aliphatic rings. The first-order valence-corrected chi connectivity index (χ1v) is 6.94. The summed E-state index contributed by atoms with van der Waals surface area (Å²) in [5.74, 6) is -1.09. The molecule has 1 aromatic rings. The molecule has 0 spiro atoms. The van der Waals surface area contributed by atoms with Gasteiger partial charge in [-0.1, -0.05) is 39.3 Å². The molecule has 20 heavy (non-hydrogen) atoms. The molecular formula is C15H21ClFNO2. The number of aliphatic hydroxyl groups is 1. The smallest absolute Gasteiger partial charge is 0.254 e. The Balaban J connectivity index is 2.72. The average molecular weight is 302 g/mol. The Labute approximate surface area is 124 Å². The van der Waals surface area contributed by atoms with Crippen molar-refractivity contribution in [3.05, 3.63) is 34.6 Å². The van der Waals surface area contributed by atoms with Crippen LogP contribution in [0.2, 0.25) is 5.02 Å². The van der Waals surface area contributed by atoms with Crippen LogP contribution < -0.4 is 5.32 Å². The van der Waals surface area contributed by atoms with E-state index in [1.807, 2.05) is 27.7 Å². The summed E-state index contributed by atoms with van der Waals surface area (Å²) in [6.45, 7) is 7.79. The largest absolute Gasteiger partial charge is 0.392 e. The topological polar surface area (TPSA) is 49.3 Å². The summed E-state index contributed by atoms with van der Waals surface area (Å²) >= 11 is 5.64. The van der Waals surface area contributed by atoms with Crippen LogP contribution >= 0.6 is 11.6 Å². The molecule has 0 aromatic heterocycles. The molecule has 1 amide bonds. The van der Waals surface area contributed by atoms with Crippen LogP contribution in [0.25, 0.3) is 0 Å². The van der Waals surface area contributed by atoms with E-state index in [-0.39, 0.29) is 23.0 Å². The third kappa shape index (κ3) is 4.18. The average Bonchev–Trinajstić information content (AvgIpc) is 2.35. The number of nitrogens with one attached hydrogen (secondary N) is 1. The van der Waals surface area contributed by atoms with Gasteiger partial charge in [0.05, 0.1) is 11.7 Å². The minimum absolute atomic E-state index is 0.0516. The van der Waals surface area contributed by atoms with Crippen LogP contribution in [0.5, 0.6) is 0 Å². The minimum atomic E-state index is -0.655. The van der Waals surface area contributed by atoms with Gasteiger partial charge in [-0.25, -0.2) is 4.39 Å². The highest BCUT2D eigenvalue weighted by Crippen LogP contribution is 2.25. The molecule has 0 aliphatic carbocycles. The molecule has 0 radical (unpaired) electrons. The Morgan fingerprint density at radius 1 is 1.45 bits per heavy atom. The van der Waals surface area contributed by atoms with E-state index >= 15 is 0 Å². The van der Waals surface area contributed by atoms with Crippen molar-refractivity contribution in [2.75, 3.05) is 6.54 Å². The third-order valence-corrected chi connectivity index (χ3v) is 3.55. The highest BCUT2D eigenvalue weighted by molar-refractivity contribution is 6.30. The Morgan fingerprint density at radius 2 is 2.05 bits per heavy atom. The van der Waals surface area contributed by atoms with Crippen LogP contribution in [0.1, 0.15) is 38.1 Å². The van der Waals surface area contributed by atoms with Crippen molar-refractivity contribution in [2.24, 2.45) is 11.3 Å². The number of rotatable bonds is 5. The van der Waals surface area contributed by atoms with Gasteiger partial charge in [0.2, 0.25) is 0 Å². The van der Waals surface area contributed by atoms with Crippen LogP contribution in [0, 0.1) is 17.2 Å². The molecule has 1 aromatic carbocycles. The predicted octanol–water partition coefficient (Wildman–Crippen LogP) is 3.25. The summed E-state index contributed by atoms with van der Waals surface area (Å²) in [7, 11) is 0. The first kappa shape index (κ1) is 16.9. The van der Waals surface area contributed by atoms with E-state index in [0.29, 0.717) is 0 Å². The first-order chi connectivity index (χ1) is 9.15. The summed E-state index contributed by atoms with van der Waals surface area (Å²) in [6, 6.07) is 3.91. The summed E-state index contributed by atoms with van der Waals surface area (Å²) < 4.78 is 13.6. The summed E-state index contributed by atoms with van der Waals surface area (Å²) in [4.78, 5) is 11.9. The lowest BCUT2D eigenvalue weighted by Gasteiger charge is -2.33. The highest BCUT2D eigenvalue weighted by atomic mass is 35.5. The summed E-state index contributed by atoms with van der Waals surface area (Å²) in [6.07, 6.45) is -0.558. The van der Waals surface area contributed by atoms with Gasteiger partial charge in [0.1, 0.15) is 5.82 Å². The Morgan fingerprint density at radius 3 is 2.55 bits per heavy atom. The fraction of sp³-hybridized carbons (Fsp3) is 0.533. The zero-order valence-electron chi connectivity index (χ0n) is 12.2.